The van der Waals surface area contributed by atoms with Gasteiger partial charge >= 0.3 is 0 Å². The number of hydrogen-bond acceptors (Lipinski definition) is 4. The molecule has 2 heterocycles. The number of piperidine rings is 1. The smallest absolute Gasteiger partial charge is 0.258 e. The maximum Gasteiger partial charge on any atom is 0.258 e. The number of halogens is 2. The first-order valence-electron chi connectivity index (χ1n) is 8.20. The van der Waals surface area contributed by atoms with E-state index in [1.54, 1.807) is 18.2 Å². The van der Waals surface area contributed by atoms with Gasteiger partial charge in [-0.25, -0.2) is 4.98 Å². The normalized spacial score (nSPS) is 15.0. The van der Waals surface area contributed by atoms with Crippen molar-refractivity contribution in [3.8, 4) is 0 Å². The molecule has 1 aromatic heterocycles. The number of nitrogens with one attached hydrogen (secondary N) is 2. The van der Waals surface area contributed by atoms with E-state index in [4.69, 9.17) is 23.2 Å². The number of aromatic nitrogens is 1. The van der Waals surface area contributed by atoms with Crippen LogP contribution < -0.4 is 15.5 Å². The minimum Gasteiger partial charge on any atom is -0.371 e. The first kappa shape index (κ1) is 18.0. The second-order valence-electron chi connectivity index (χ2n) is 6.07. The second kappa shape index (κ2) is 8.04. The predicted molar refractivity (Wildman–Crippen MR) is 103 cm³/mol. The van der Waals surface area contributed by atoms with Crippen LogP contribution in [-0.4, -0.2) is 37.1 Å². The molecular weight excluding hydrogens is 359 g/mol. The topological polar surface area (TPSA) is 57.3 Å². The highest BCUT2D eigenvalue weighted by Crippen LogP contribution is 2.28. The van der Waals surface area contributed by atoms with Crippen molar-refractivity contribution in [1.82, 2.24) is 10.3 Å². The van der Waals surface area contributed by atoms with E-state index >= 15 is 0 Å². The van der Waals surface area contributed by atoms with Gasteiger partial charge in [-0.1, -0.05) is 23.2 Å². The fraction of sp³-hybridized carbons (Fsp3) is 0.333. The Labute approximate surface area is 157 Å². The predicted octanol–water partition coefficient (Wildman–Crippen LogP) is 3.83. The number of nitrogens with zero attached hydrogens (tertiary/aromatic N) is 2. The Hall–Kier alpha value is -1.82. The molecule has 132 valence electrons. The molecule has 25 heavy (non-hydrogen) atoms. The highest BCUT2D eigenvalue weighted by atomic mass is 35.5. The van der Waals surface area contributed by atoms with E-state index in [9.17, 15) is 4.79 Å². The molecule has 0 atom stereocenters. The van der Waals surface area contributed by atoms with Crippen molar-refractivity contribution in [3.05, 3.63) is 52.1 Å². The van der Waals surface area contributed by atoms with Crippen LogP contribution in [0, 0.1) is 0 Å². The van der Waals surface area contributed by atoms with Gasteiger partial charge in [-0.3, -0.25) is 4.79 Å². The molecule has 5 nitrogen and oxygen atoms in total. The summed E-state index contributed by atoms with van der Waals surface area (Å²) >= 11 is 12.0. The van der Waals surface area contributed by atoms with Crippen molar-refractivity contribution < 1.29 is 4.79 Å². The van der Waals surface area contributed by atoms with Gasteiger partial charge in [0.15, 0.2) is 0 Å². The Morgan fingerprint density at radius 2 is 1.92 bits per heavy atom. The first-order chi connectivity index (χ1) is 12.0. The minimum absolute atomic E-state index is 0.242. The maximum atomic E-state index is 12.8. The van der Waals surface area contributed by atoms with Crippen molar-refractivity contribution in [2.24, 2.45) is 0 Å². The van der Waals surface area contributed by atoms with Crippen LogP contribution in [0.5, 0.6) is 0 Å². The van der Waals surface area contributed by atoms with Crippen LogP contribution in [-0.2, 0) is 0 Å². The lowest BCUT2D eigenvalue weighted by atomic mass is 10.0. The van der Waals surface area contributed by atoms with Gasteiger partial charge < -0.3 is 15.5 Å². The molecule has 3 rings (SSSR count). The third-order valence-electron chi connectivity index (χ3n) is 4.41. The highest BCUT2D eigenvalue weighted by Gasteiger charge is 2.22. The summed E-state index contributed by atoms with van der Waals surface area (Å²) in [5, 5.41) is 7.21. The van der Waals surface area contributed by atoms with Crippen LogP contribution in [0.25, 0.3) is 0 Å². The lowest BCUT2D eigenvalue weighted by molar-refractivity contribution is 0.102. The van der Waals surface area contributed by atoms with E-state index < -0.39 is 0 Å². The number of carbonyl (C=O) groups is 1. The van der Waals surface area contributed by atoms with Crippen molar-refractivity contribution in [3.63, 3.8) is 0 Å². The van der Waals surface area contributed by atoms with Crippen molar-refractivity contribution in [2.75, 3.05) is 30.4 Å². The van der Waals surface area contributed by atoms with Gasteiger partial charge in [0.1, 0.15) is 5.82 Å². The Morgan fingerprint density at radius 1 is 1.20 bits per heavy atom. The third-order valence-corrected chi connectivity index (χ3v) is 4.87. The first-order valence-corrected chi connectivity index (χ1v) is 8.96. The lowest BCUT2D eigenvalue weighted by Gasteiger charge is -2.34. The molecule has 1 amide bonds. The molecule has 1 saturated heterocycles. The van der Waals surface area contributed by atoms with Gasteiger partial charge in [-0.15, -0.1) is 0 Å². The van der Waals surface area contributed by atoms with Crippen LogP contribution in [0.2, 0.25) is 10.0 Å². The van der Waals surface area contributed by atoms with Crippen LogP contribution in [0.3, 0.4) is 0 Å². The number of anilines is 2. The largest absolute Gasteiger partial charge is 0.371 e. The SMILES string of the molecule is CN(c1ccc(Cl)cc1C(=O)Nc1ccc(Cl)cn1)C1CCNCC1. The number of benzene rings is 1. The summed E-state index contributed by atoms with van der Waals surface area (Å²) in [5.74, 6) is 0.206. The van der Waals surface area contributed by atoms with Crippen LogP contribution in [0.15, 0.2) is 36.5 Å². The molecule has 2 aromatic rings. The second-order valence-corrected chi connectivity index (χ2v) is 6.94. The van der Waals surface area contributed by atoms with E-state index in [0.29, 0.717) is 27.5 Å². The molecule has 1 aliphatic heterocycles. The van der Waals surface area contributed by atoms with E-state index in [0.717, 1.165) is 31.6 Å². The summed E-state index contributed by atoms with van der Waals surface area (Å²) in [6, 6.07) is 9.15. The molecule has 0 unspecified atom stereocenters. The summed E-state index contributed by atoms with van der Waals surface area (Å²) in [6.07, 6.45) is 3.58. The lowest BCUT2D eigenvalue weighted by Crippen LogP contribution is -2.41. The van der Waals surface area contributed by atoms with E-state index in [1.165, 1.54) is 6.20 Å². The molecule has 7 heteroatoms. The minimum atomic E-state index is -0.242. The van der Waals surface area contributed by atoms with E-state index in [2.05, 4.69) is 20.5 Å². The Kier molecular flexibility index (Phi) is 5.78. The molecule has 0 spiro atoms. The summed E-state index contributed by atoms with van der Waals surface area (Å²) < 4.78 is 0. The van der Waals surface area contributed by atoms with Gasteiger partial charge in [0.05, 0.1) is 10.6 Å². The monoisotopic (exact) mass is 378 g/mol. The molecule has 0 bridgehead atoms. The number of rotatable bonds is 4. The van der Waals surface area contributed by atoms with Crippen LogP contribution in [0.4, 0.5) is 11.5 Å². The van der Waals surface area contributed by atoms with E-state index in [-0.39, 0.29) is 5.91 Å². The van der Waals surface area contributed by atoms with Crippen LogP contribution in [0.1, 0.15) is 23.2 Å². The molecule has 1 aliphatic rings. The molecule has 2 N–H and O–H groups in total. The van der Waals surface area contributed by atoms with Crippen molar-refractivity contribution >= 4 is 40.6 Å². The summed E-state index contributed by atoms with van der Waals surface area (Å²) in [5.41, 5.74) is 1.40. The molecule has 1 fully saturated rings. The number of carbonyl (C=O) groups excluding carboxylic acids is 1. The molecule has 0 aliphatic carbocycles. The maximum absolute atomic E-state index is 12.8. The van der Waals surface area contributed by atoms with Gasteiger partial charge in [0.25, 0.3) is 5.91 Å². The van der Waals surface area contributed by atoms with Gasteiger partial charge in [-0.05, 0) is 56.3 Å². The zero-order chi connectivity index (χ0) is 17.8. The van der Waals surface area contributed by atoms with Crippen molar-refractivity contribution in [1.29, 1.82) is 0 Å². The standard InChI is InChI=1S/C18H20Cl2N4O/c1-24(14-6-8-21-9-7-14)16-4-2-12(19)10-15(16)18(25)23-17-5-3-13(20)11-22-17/h2-5,10-11,14,21H,6-9H2,1H3,(H,22,23,25). The number of pyridine rings is 1. The Balaban J connectivity index is 1.85. The number of amides is 1. The van der Waals surface area contributed by atoms with Gasteiger partial charge in [0.2, 0.25) is 0 Å². The quantitative estimate of drug-likeness (QED) is 0.848. The Morgan fingerprint density at radius 3 is 2.60 bits per heavy atom. The molecule has 1 aromatic carbocycles. The van der Waals surface area contributed by atoms with Crippen molar-refractivity contribution in [2.45, 2.75) is 18.9 Å². The fourth-order valence-electron chi connectivity index (χ4n) is 3.02. The zero-order valence-corrected chi connectivity index (χ0v) is 15.4. The summed E-state index contributed by atoms with van der Waals surface area (Å²) in [6.45, 7) is 1.97. The molecular formula is C18H20Cl2N4O. The number of hydrogen-bond donors (Lipinski definition) is 2. The fourth-order valence-corrected chi connectivity index (χ4v) is 3.31. The van der Waals surface area contributed by atoms with Crippen LogP contribution >= 0.6 is 23.2 Å². The zero-order valence-electron chi connectivity index (χ0n) is 13.9. The average Bonchev–Trinajstić information content (AvgIpc) is 2.63. The molecule has 0 radical (unpaired) electrons. The van der Waals surface area contributed by atoms with Gasteiger partial charge in [0, 0.05) is 30.0 Å². The van der Waals surface area contributed by atoms with E-state index in [1.807, 2.05) is 19.2 Å². The highest BCUT2D eigenvalue weighted by molar-refractivity contribution is 6.31. The summed E-state index contributed by atoms with van der Waals surface area (Å²) in [4.78, 5) is 19.1. The van der Waals surface area contributed by atoms with Gasteiger partial charge in [-0.2, -0.15) is 0 Å². The Bertz CT molecular complexity index is 745. The third kappa shape index (κ3) is 4.42. The molecule has 0 saturated carbocycles. The summed E-state index contributed by atoms with van der Waals surface area (Å²) in [7, 11) is 2.02. The average molecular weight is 379 g/mol.